The second-order valence-electron chi connectivity index (χ2n) is 4.20. The molecule has 1 N–H and O–H groups in total. The zero-order chi connectivity index (χ0) is 13.3. The van der Waals surface area contributed by atoms with Gasteiger partial charge in [0, 0.05) is 13.0 Å². The molecule has 1 aliphatic rings. The maximum atomic E-state index is 13.5. The number of carboxylic acid groups (broad SMARTS) is 1. The molecule has 18 heavy (non-hydrogen) atoms. The number of hydrogen-bond donors (Lipinski definition) is 2. The summed E-state index contributed by atoms with van der Waals surface area (Å²) in [5.41, 5.74) is -0.331. The molecule has 1 aliphatic heterocycles. The summed E-state index contributed by atoms with van der Waals surface area (Å²) < 4.78 is 13.5. The minimum atomic E-state index is -1.37. The van der Waals surface area contributed by atoms with Crippen LogP contribution in [0.1, 0.15) is 16.8 Å². The molecule has 1 amide bonds. The smallest absolute Gasteiger partial charge is 0.340 e. The topological polar surface area (TPSA) is 57.6 Å². The Hall–Kier alpha value is -1.56. The van der Waals surface area contributed by atoms with E-state index >= 15 is 0 Å². The summed E-state index contributed by atoms with van der Waals surface area (Å²) in [6, 6.07) is 3.92. The maximum Gasteiger partial charge on any atom is 0.340 e. The quantitative estimate of drug-likeness (QED) is 0.823. The third kappa shape index (κ3) is 2.20. The van der Waals surface area contributed by atoms with Gasteiger partial charge in [-0.25, -0.2) is 9.18 Å². The van der Waals surface area contributed by atoms with Crippen LogP contribution in [-0.4, -0.2) is 29.3 Å². The van der Waals surface area contributed by atoms with E-state index in [2.05, 4.69) is 12.6 Å². The van der Waals surface area contributed by atoms with Crippen molar-refractivity contribution < 1.29 is 19.1 Å². The molecular formula is C12H12FNO3S. The second-order valence-corrected chi connectivity index (χ2v) is 4.56. The number of hydrogen-bond acceptors (Lipinski definition) is 3. The number of amides is 1. The zero-order valence-corrected chi connectivity index (χ0v) is 10.4. The largest absolute Gasteiger partial charge is 0.478 e. The van der Waals surface area contributed by atoms with Gasteiger partial charge < -0.3 is 10.0 Å². The molecular weight excluding hydrogens is 257 g/mol. The number of rotatable bonds is 3. The van der Waals surface area contributed by atoms with Crippen molar-refractivity contribution in [2.75, 3.05) is 17.2 Å². The lowest BCUT2D eigenvalue weighted by Crippen LogP contribution is -2.27. The first-order chi connectivity index (χ1) is 8.54. The van der Waals surface area contributed by atoms with Crippen molar-refractivity contribution >= 4 is 30.2 Å². The fraction of sp³-hybridized carbons (Fsp3) is 0.333. The zero-order valence-electron chi connectivity index (χ0n) is 9.47. The molecule has 0 spiro atoms. The molecule has 1 aromatic carbocycles. The summed E-state index contributed by atoms with van der Waals surface area (Å²) in [5.74, 6) is -1.78. The maximum absolute atomic E-state index is 13.5. The van der Waals surface area contributed by atoms with E-state index in [4.69, 9.17) is 5.11 Å². The first kappa shape index (κ1) is 12.9. The van der Waals surface area contributed by atoms with Gasteiger partial charge >= 0.3 is 5.97 Å². The number of carboxylic acids is 1. The lowest BCUT2D eigenvalue weighted by Gasteiger charge is -2.19. The predicted molar refractivity (Wildman–Crippen MR) is 67.7 cm³/mol. The van der Waals surface area contributed by atoms with Crippen LogP contribution in [0.2, 0.25) is 0 Å². The summed E-state index contributed by atoms with van der Waals surface area (Å²) in [7, 11) is 0. The summed E-state index contributed by atoms with van der Waals surface area (Å²) in [5, 5.41) is 9.02. The molecule has 0 bridgehead atoms. The highest BCUT2D eigenvalue weighted by Gasteiger charge is 2.32. The number of thiol groups is 1. The van der Waals surface area contributed by atoms with Crippen molar-refractivity contribution in [2.24, 2.45) is 5.92 Å². The van der Waals surface area contributed by atoms with Crippen LogP contribution in [0.25, 0.3) is 0 Å². The minimum Gasteiger partial charge on any atom is -0.478 e. The van der Waals surface area contributed by atoms with E-state index < -0.39 is 17.3 Å². The van der Waals surface area contributed by atoms with Gasteiger partial charge in [-0.05, 0) is 23.8 Å². The number of carbonyl (C=O) groups is 2. The van der Waals surface area contributed by atoms with Gasteiger partial charge in [-0.3, -0.25) is 4.79 Å². The summed E-state index contributed by atoms with van der Waals surface area (Å²) in [6.45, 7) is 0.381. The van der Waals surface area contributed by atoms with Crippen molar-refractivity contribution in [3.63, 3.8) is 0 Å². The molecule has 0 saturated carbocycles. The molecule has 0 aromatic heterocycles. The molecule has 96 valence electrons. The third-order valence-corrected chi connectivity index (χ3v) is 3.48. The number of aromatic carboxylic acids is 1. The predicted octanol–water partition coefficient (Wildman–Crippen LogP) is 1.81. The molecule has 0 radical (unpaired) electrons. The van der Waals surface area contributed by atoms with Gasteiger partial charge in [0.05, 0.1) is 5.69 Å². The molecule has 0 aliphatic carbocycles. The molecule has 1 heterocycles. The van der Waals surface area contributed by atoms with E-state index in [9.17, 15) is 14.0 Å². The van der Waals surface area contributed by atoms with E-state index in [1.165, 1.54) is 17.0 Å². The highest BCUT2D eigenvalue weighted by molar-refractivity contribution is 7.80. The summed E-state index contributed by atoms with van der Waals surface area (Å²) in [4.78, 5) is 24.2. The molecule has 1 saturated heterocycles. The Morgan fingerprint density at radius 3 is 2.83 bits per heavy atom. The van der Waals surface area contributed by atoms with E-state index in [-0.39, 0.29) is 17.5 Å². The van der Waals surface area contributed by atoms with Crippen LogP contribution < -0.4 is 4.90 Å². The SMILES string of the molecule is O=C(O)c1c(F)cccc1N1CC(CS)CC1=O. The Morgan fingerprint density at radius 2 is 2.28 bits per heavy atom. The van der Waals surface area contributed by atoms with E-state index in [1.807, 2.05) is 0 Å². The summed E-state index contributed by atoms with van der Waals surface area (Å²) in [6.07, 6.45) is 0.319. The van der Waals surface area contributed by atoms with E-state index in [0.29, 0.717) is 18.7 Å². The van der Waals surface area contributed by atoms with Crippen LogP contribution in [0, 0.1) is 11.7 Å². The number of nitrogens with zero attached hydrogens (tertiary/aromatic N) is 1. The Kier molecular flexibility index (Phi) is 3.56. The second kappa shape index (κ2) is 4.97. The average molecular weight is 269 g/mol. The van der Waals surface area contributed by atoms with Crippen molar-refractivity contribution in [3.8, 4) is 0 Å². The van der Waals surface area contributed by atoms with Gasteiger partial charge in [-0.1, -0.05) is 6.07 Å². The first-order valence-corrected chi connectivity index (χ1v) is 6.11. The van der Waals surface area contributed by atoms with Gasteiger partial charge in [0.1, 0.15) is 11.4 Å². The Balaban J connectivity index is 2.43. The van der Waals surface area contributed by atoms with Crippen molar-refractivity contribution in [2.45, 2.75) is 6.42 Å². The lowest BCUT2D eigenvalue weighted by molar-refractivity contribution is -0.117. The molecule has 4 nitrogen and oxygen atoms in total. The van der Waals surface area contributed by atoms with Gasteiger partial charge in [0.15, 0.2) is 0 Å². The summed E-state index contributed by atoms with van der Waals surface area (Å²) >= 11 is 4.13. The fourth-order valence-corrected chi connectivity index (χ4v) is 2.33. The Labute approximate surface area is 109 Å². The molecule has 1 unspecified atom stereocenters. The first-order valence-electron chi connectivity index (χ1n) is 5.47. The average Bonchev–Trinajstić information content (AvgIpc) is 2.69. The van der Waals surface area contributed by atoms with Crippen molar-refractivity contribution in [3.05, 3.63) is 29.6 Å². The monoisotopic (exact) mass is 269 g/mol. The van der Waals surface area contributed by atoms with Crippen LogP contribution >= 0.6 is 12.6 Å². The Morgan fingerprint density at radius 1 is 1.56 bits per heavy atom. The van der Waals surface area contributed by atoms with Crippen molar-refractivity contribution in [1.82, 2.24) is 0 Å². The van der Waals surface area contributed by atoms with Gasteiger partial charge in [-0.2, -0.15) is 12.6 Å². The fourth-order valence-electron chi connectivity index (χ4n) is 2.09. The molecule has 6 heteroatoms. The van der Waals surface area contributed by atoms with Crippen molar-refractivity contribution in [1.29, 1.82) is 0 Å². The number of carbonyl (C=O) groups excluding carboxylic acids is 1. The number of anilines is 1. The highest BCUT2D eigenvalue weighted by atomic mass is 32.1. The van der Waals surface area contributed by atoms with Gasteiger partial charge in [0.25, 0.3) is 0 Å². The molecule has 1 aromatic rings. The number of halogens is 1. The van der Waals surface area contributed by atoms with Crippen LogP contribution in [0.4, 0.5) is 10.1 Å². The van der Waals surface area contributed by atoms with E-state index in [0.717, 1.165) is 6.07 Å². The third-order valence-electron chi connectivity index (χ3n) is 2.96. The van der Waals surface area contributed by atoms with Gasteiger partial charge in [-0.15, -0.1) is 0 Å². The van der Waals surface area contributed by atoms with Crippen LogP contribution in [0.15, 0.2) is 18.2 Å². The lowest BCUT2D eigenvalue weighted by atomic mass is 10.1. The minimum absolute atomic E-state index is 0.0748. The van der Waals surface area contributed by atoms with Gasteiger partial charge in [0.2, 0.25) is 5.91 Å². The van der Waals surface area contributed by atoms with Crippen LogP contribution in [-0.2, 0) is 4.79 Å². The molecule has 1 fully saturated rings. The highest BCUT2D eigenvalue weighted by Crippen LogP contribution is 2.29. The standard InChI is InChI=1S/C12H12FNO3S/c13-8-2-1-3-9(11(8)12(16)17)14-5-7(6-18)4-10(14)15/h1-3,7,18H,4-6H2,(H,16,17). The Bertz CT molecular complexity index is 506. The molecule has 2 rings (SSSR count). The van der Waals surface area contributed by atoms with Crippen LogP contribution in [0.3, 0.4) is 0 Å². The number of benzene rings is 1. The molecule has 1 atom stereocenters. The van der Waals surface area contributed by atoms with E-state index in [1.54, 1.807) is 0 Å². The van der Waals surface area contributed by atoms with Crippen LogP contribution in [0.5, 0.6) is 0 Å². The normalized spacial score (nSPS) is 19.3.